The first-order valence-electron chi connectivity index (χ1n) is 4.73. The number of hydrogen-bond acceptors (Lipinski definition) is 3. The minimum absolute atomic E-state index is 0.0661. The van der Waals surface area contributed by atoms with Gasteiger partial charge in [0.25, 0.3) is 0 Å². The molecule has 0 radical (unpaired) electrons. The van der Waals surface area contributed by atoms with E-state index in [0.717, 1.165) is 12.1 Å². The molecule has 0 atom stereocenters. The van der Waals surface area contributed by atoms with E-state index in [9.17, 15) is 0 Å². The second-order valence-corrected chi connectivity index (χ2v) is 3.30. The molecule has 1 rings (SSSR count). The highest BCUT2D eigenvalue weighted by Gasteiger charge is 2.06. The molecule has 3 nitrogen and oxygen atoms in total. The summed E-state index contributed by atoms with van der Waals surface area (Å²) < 4.78 is 5.45. The average molecular weight is 190 g/mol. The van der Waals surface area contributed by atoms with E-state index in [2.05, 4.69) is 11.1 Å². The smallest absolute Gasteiger partial charge is 0.155 e. The Morgan fingerprint density at radius 1 is 1.57 bits per heavy atom. The van der Waals surface area contributed by atoms with Crippen LogP contribution in [0.5, 0.6) is 5.75 Å². The second kappa shape index (κ2) is 4.61. The largest absolute Gasteiger partial charge is 0.488 e. The van der Waals surface area contributed by atoms with E-state index in [1.54, 1.807) is 12.3 Å². The summed E-state index contributed by atoms with van der Waals surface area (Å²) in [4.78, 5) is 4.18. The number of nitrogens with zero attached hydrogens (tertiary/aromatic N) is 2. The van der Waals surface area contributed by atoms with Gasteiger partial charge in [0.05, 0.1) is 17.9 Å². The molecule has 0 amide bonds. The molecule has 0 fully saturated rings. The van der Waals surface area contributed by atoms with E-state index in [1.165, 1.54) is 0 Å². The van der Waals surface area contributed by atoms with Crippen LogP contribution in [-0.4, -0.2) is 11.1 Å². The molecule has 3 heteroatoms. The number of rotatable bonds is 3. The van der Waals surface area contributed by atoms with Crippen molar-refractivity contribution in [1.82, 2.24) is 4.98 Å². The minimum Gasteiger partial charge on any atom is -0.488 e. The van der Waals surface area contributed by atoms with Gasteiger partial charge in [-0.05, 0) is 26.3 Å². The van der Waals surface area contributed by atoms with E-state index in [4.69, 9.17) is 10.00 Å². The van der Waals surface area contributed by atoms with Crippen molar-refractivity contribution in [1.29, 1.82) is 5.26 Å². The molecule has 0 saturated carbocycles. The summed E-state index contributed by atoms with van der Waals surface area (Å²) in [6, 6.07) is 3.89. The van der Waals surface area contributed by atoms with Crippen molar-refractivity contribution in [2.75, 3.05) is 0 Å². The molecule has 0 bridgehead atoms. The van der Waals surface area contributed by atoms with E-state index < -0.39 is 0 Å². The molecule has 1 heterocycles. The van der Waals surface area contributed by atoms with Crippen LogP contribution in [0.4, 0.5) is 0 Å². The van der Waals surface area contributed by atoms with E-state index in [1.807, 2.05) is 20.8 Å². The molecule has 0 N–H and O–H groups in total. The Morgan fingerprint density at radius 2 is 2.29 bits per heavy atom. The lowest BCUT2D eigenvalue weighted by molar-refractivity contribution is 0.240. The Labute approximate surface area is 84.3 Å². The number of aryl methyl sites for hydroxylation is 1. The number of aromatic nitrogens is 1. The quantitative estimate of drug-likeness (QED) is 0.734. The maximum Gasteiger partial charge on any atom is 0.155 e. The fourth-order valence-corrected chi connectivity index (χ4v) is 1.11. The topological polar surface area (TPSA) is 45.9 Å². The molecule has 1 aromatic heterocycles. The van der Waals surface area contributed by atoms with Gasteiger partial charge in [-0.1, -0.05) is 6.92 Å². The monoisotopic (exact) mass is 190 g/mol. The summed E-state index contributed by atoms with van der Waals surface area (Å²) >= 11 is 0. The highest BCUT2D eigenvalue weighted by Crippen LogP contribution is 2.18. The lowest BCUT2D eigenvalue weighted by Crippen LogP contribution is -2.07. The lowest BCUT2D eigenvalue weighted by atomic mass is 10.2. The Balaban J connectivity index is 3.01. The summed E-state index contributed by atoms with van der Waals surface area (Å²) in [5.74, 6) is 0.569. The highest BCUT2D eigenvalue weighted by atomic mass is 16.5. The Hall–Kier alpha value is -1.56. The van der Waals surface area contributed by atoms with Gasteiger partial charge in [-0.25, -0.2) is 0 Å². The first-order valence-corrected chi connectivity index (χ1v) is 4.73. The number of ether oxygens (including phenoxy) is 1. The molecule has 0 aliphatic rings. The highest BCUT2D eigenvalue weighted by molar-refractivity contribution is 5.42. The van der Waals surface area contributed by atoms with Crippen LogP contribution >= 0.6 is 0 Å². The number of nitriles is 1. The summed E-state index contributed by atoms with van der Waals surface area (Å²) in [6.07, 6.45) is 2.52. The number of hydrogen-bond donors (Lipinski definition) is 0. The third-order valence-corrected chi connectivity index (χ3v) is 1.77. The number of pyridine rings is 1. The maximum absolute atomic E-state index is 8.89. The van der Waals surface area contributed by atoms with Crippen molar-refractivity contribution in [3.63, 3.8) is 0 Å². The summed E-state index contributed by atoms with van der Waals surface area (Å²) in [6.45, 7) is 5.86. The molecule has 0 saturated heterocycles. The van der Waals surface area contributed by atoms with Gasteiger partial charge in [-0.3, -0.25) is 4.98 Å². The SMILES string of the molecule is CCc1cc(C#N)c(OC(C)C)cn1. The zero-order valence-corrected chi connectivity index (χ0v) is 8.74. The van der Waals surface area contributed by atoms with E-state index in [0.29, 0.717) is 11.3 Å². The van der Waals surface area contributed by atoms with Gasteiger partial charge in [-0.15, -0.1) is 0 Å². The van der Waals surface area contributed by atoms with Crippen LogP contribution in [-0.2, 0) is 6.42 Å². The zero-order valence-electron chi connectivity index (χ0n) is 8.74. The first-order chi connectivity index (χ1) is 6.67. The first kappa shape index (κ1) is 10.5. The molecular weight excluding hydrogens is 176 g/mol. The standard InChI is InChI=1S/C11H14N2O/c1-4-10-5-9(6-12)11(7-13-10)14-8(2)3/h5,7-8H,4H2,1-3H3. The summed E-state index contributed by atoms with van der Waals surface area (Å²) in [5, 5.41) is 8.89. The van der Waals surface area contributed by atoms with Crippen LogP contribution in [0, 0.1) is 11.3 Å². The van der Waals surface area contributed by atoms with Crippen molar-refractivity contribution in [3.05, 3.63) is 23.5 Å². The normalized spacial score (nSPS) is 9.93. The molecule has 74 valence electrons. The Morgan fingerprint density at radius 3 is 2.79 bits per heavy atom. The zero-order chi connectivity index (χ0) is 10.6. The van der Waals surface area contributed by atoms with Gasteiger partial charge in [0.2, 0.25) is 0 Å². The fraction of sp³-hybridized carbons (Fsp3) is 0.455. The third-order valence-electron chi connectivity index (χ3n) is 1.77. The molecule has 0 aromatic carbocycles. The van der Waals surface area contributed by atoms with Crippen LogP contribution in [0.1, 0.15) is 32.0 Å². The van der Waals surface area contributed by atoms with Gasteiger partial charge in [0.15, 0.2) is 5.75 Å². The summed E-state index contributed by atoms with van der Waals surface area (Å²) in [7, 11) is 0. The van der Waals surface area contributed by atoms with Crippen LogP contribution in [0.2, 0.25) is 0 Å². The predicted molar refractivity (Wildman–Crippen MR) is 54.1 cm³/mol. The predicted octanol–water partition coefficient (Wildman–Crippen LogP) is 2.30. The van der Waals surface area contributed by atoms with Crippen LogP contribution in [0.3, 0.4) is 0 Å². The van der Waals surface area contributed by atoms with Crippen molar-refractivity contribution in [2.24, 2.45) is 0 Å². The molecule has 0 aliphatic carbocycles. The molecule has 14 heavy (non-hydrogen) atoms. The van der Waals surface area contributed by atoms with Crippen molar-refractivity contribution in [2.45, 2.75) is 33.3 Å². The van der Waals surface area contributed by atoms with Crippen LogP contribution < -0.4 is 4.74 Å². The van der Waals surface area contributed by atoms with E-state index in [-0.39, 0.29) is 6.10 Å². The Bertz CT molecular complexity index is 353. The van der Waals surface area contributed by atoms with Gasteiger partial charge >= 0.3 is 0 Å². The van der Waals surface area contributed by atoms with Crippen molar-refractivity contribution in [3.8, 4) is 11.8 Å². The van der Waals surface area contributed by atoms with E-state index >= 15 is 0 Å². The van der Waals surface area contributed by atoms with Gasteiger partial charge in [0, 0.05) is 5.69 Å². The molecule has 0 spiro atoms. The second-order valence-electron chi connectivity index (χ2n) is 3.30. The molecule has 0 unspecified atom stereocenters. The maximum atomic E-state index is 8.89. The van der Waals surface area contributed by atoms with Gasteiger partial charge in [-0.2, -0.15) is 5.26 Å². The lowest BCUT2D eigenvalue weighted by Gasteiger charge is -2.10. The van der Waals surface area contributed by atoms with Gasteiger partial charge in [0.1, 0.15) is 6.07 Å². The van der Waals surface area contributed by atoms with Gasteiger partial charge < -0.3 is 4.74 Å². The van der Waals surface area contributed by atoms with Crippen molar-refractivity contribution >= 4 is 0 Å². The van der Waals surface area contributed by atoms with Crippen molar-refractivity contribution < 1.29 is 4.74 Å². The summed E-state index contributed by atoms with van der Waals surface area (Å²) in [5.41, 5.74) is 1.48. The molecule has 1 aromatic rings. The third kappa shape index (κ3) is 2.46. The van der Waals surface area contributed by atoms with Crippen LogP contribution in [0.25, 0.3) is 0 Å². The van der Waals surface area contributed by atoms with Crippen LogP contribution in [0.15, 0.2) is 12.3 Å². The molecular formula is C11H14N2O. The average Bonchev–Trinajstić information content (AvgIpc) is 2.17. The Kier molecular flexibility index (Phi) is 3.47. The fourth-order valence-electron chi connectivity index (χ4n) is 1.11. The molecule has 0 aliphatic heterocycles. The minimum atomic E-state index is 0.0661.